The number of carbonyl (C=O) groups is 1. The molecule has 0 radical (unpaired) electrons. The fraction of sp³-hybridized carbons (Fsp3) is 0.148. The van der Waals surface area contributed by atoms with Crippen LogP contribution in [0.5, 0.6) is 11.5 Å². The van der Waals surface area contributed by atoms with Gasteiger partial charge < -0.3 is 15.2 Å². The van der Waals surface area contributed by atoms with Gasteiger partial charge in [-0.1, -0.05) is 54.4 Å². The molecule has 3 N–H and O–H groups in total. The molecular formula is C27H23Cl2N3O6S. The number of hydrogen-bond acceptors (Lipinski definition) is 7. The van der Waals surface area contributed by atoms with Crippen molar-refractivity contribution >= 4 is 67.1 Å². The predicted molar refractivity (Wildman–Crippen MR) is 151 cm³/mol. The van der Waals surface area contributed by atoms with Crippen LogP contribution >= 0.6 is 23.2 Å². The highest BCUT2D eigenvalue weighted by Gasteiger charge is 2.21. The smallest absolute Gasteiger partial charge is 0.294 e. The molecule has 4 aromatic rings. The first kappa shape index (κ1) is 28.3. The number of ether oxygens (including phenoxy) is 1. The van der Waals surface area contributed by atoms with E-state index in [0.717, 1.165) is 6.07 Å². The van der Waals surface area contributed by atoms with Crippen LogP contribution in [0.2, 0.25) is 10.0 Å². The van der Waals surface area contributed by atoms with Gasteiger partial charge in [0.2, 0.25) is 0 Å². The lowest BCUT2D eigenvalue weighted by molar-refractivity contribution is 0.102. The Kier molecular flexibility index (Phi) is 8.41. The summed E-state index contributed by atoms with van der Waals surface area (Å²) in [4.78, 5) is 12.8. The number of benzene rings is 4. The zero-order valence-electron chi connectivity index (χ0n) is 20.8. The maximum Gasteiger partial charge on any atom is 0.294 e. The van der Waals surface area contributed by atoms with Crippen molar-refractivity contribution in [1.29, 1.82) is 0 Å². The van der Waals surface area contributed by atoms with Crippen molar-refractivity contribution < 1.29 is 27.6 Å². The van der Waals surface area contributed by atoms with Crippen molar-refractivity contribution in [3.05, 3.63) is 81.8 Å². The highest BCUT2D eigenvalue weighted by molar-refractivity contribution is 7.85. The van der Waals surface area contributed by atoms with Gasteiger partial charge in [0, 0.05) is 22.0 Å². The molecule has 0 aliphatic rings. The number of amides is 1. The Balaban J connectivity index is 1.80. The summed E-state index contributed by atoms with van der Waals surface area (Å²) in [7, 11) is -4.58. The van der Waals surface area contributed by atoms with Crippen LogP contribution in [0.25, 0.3) is 10.8 Å². The van der Waals surface area contributed by atoms with Gasteiger partial charge in [-0.2, -0.15) is 13.5 Å². The number of phenolic OH excluding ortho intramolecular Hbond substituents is 1. The standard InChI is InChI=1S/C27H23Cl2N3O6S/c1-3-18-23(12-16(28)13-24(18)39(35,36)37)31-32-25-19-8-6-5-7-15(19)11-20(26(25)33)27(34)30-22-10-9-17(38-4-2)14-21(22)29/h5-14,33H,3-4H2,1-2H3,(H,30,34)(H,35,36,37). The fourth-order valence-electron chi connectivity index (χ4n) is 4.01. The molecule has 0 atom stereocenters. The van der Waals surface area contributed by atoms with Crippen molar-refractivity contribution in [1.82, 2.24) is 0 Å². The monoisotopic (exact) mass is 587 g/mol. The molecule has 0 aliphatic heterocycles. The first-order chi connectivity index (χ1) is 18.5. The number of nitrogens with zero attached hydrogens (tertiary/aromatic N) is 2. The molecule has 4 rings (SSSR count). The number of anilines is 1. The molecule has 0 aliphatic carbocycles. The first-order valence-electron chi connectivity index (χ1n) is 11.7. The van der Waals surface area contributed by atoms with Crippen LogP contribution in [0.3, 0.4) is 0 Å². The van der Waals surface area contributed by atoms with Gasteiger partial charge in [-0.15, -0.1) is 5.11 Å². The summed E-state index contributed by atoms with van der Waals surface area (Å²) in [5.41, 5.74) is 0.468. The number of halogens is 2. The molecule has 9 nitrogen and oxygen atoms in total. The van der Waals surface area contributed by atoms with Crippen LogP contribution in [-0.2, 0) is 16.5 Å². The average molecular weight is 588 g/mol. The number of fused-ring (bicyclic) bond motifs is 1. The molecule has 0 saturated heterocycles. The SMILES string of the molecule is CCOc1ccc(NC(=O)c2cc3ccccc3c(N=Nc3cc(Cl)cc(S(=O)(=O)O)c3CC)c2O)c(Cl)c1. The number of hydrogen-bond donors (Lipinski definition) is 3. The Morgan fingerprint density at radius 3 is 2.44 bits per heavy atom. The maximum atomic E-state index is 13.2. The zero-order chi connectivity index (χ0) is 28.3. The van der Waals surface area contributed by atoms with Gasteiger partial charge in [-0.25, -0.2) is 0 Å². The quantitative estimate of drug-likeness (QED) is 0.142. The Hall–Kier alpha value is -3.70. The third kappa shape index (κ3) is 6.15. The van der Waals surface area contributed by atoms with Crippen molar-refractivity contribution in [3.63, 3.8) is 0 Å². The number of carbonyl (C=O) groups excluding carboxylic acids is 1. The van der Waals surface area contributed by atoms with E-state index in [-0.39, 0.29) is 43.9 Å². The molecule has 0 aromatic heterocycles. The maximum absolute atomic E-state index is 13.2. The molecule has 0 bridgehead atoms. The van der Waals surface area contributed by atoms with E-state index >= 15 is 0 Å². The molecular weight excluding hydrogens is 565 g/mol. The Morgan fingerprint density at radius 2 is 1.77 bits per heavy atom. The number of aromatic hydroxyl groups is 1. The molecule has 0 fully saturated rings. The van der Waals surface area contributed by atoms with E-state index in [2.05, 4.69) is 15.5 Å². The summed E-state index contributed by atoms with van der Waals surface area (Å²) < 4.78 is 38.8. The van der Waals surface area contributed by atoms with Crippen LogP contribution in [0, 0.1) is 0 Å². The second-order valence-corrected chi connectivity index (χ2v) is 10.5. The zero-order valence-corrected chi connectivity index (χ0v) is 23.1. The minimum atomic E-state index is -4.58. The molecule has 39 heavy (non-hydrogen) atoms. The van der Waals surface area contributed by atoms with Gasteiger partial charge in [0.25, 0.3) is 16.0 Å². The molecule has 1 amide bonds. The van der Waals surface area contributed by atoms with Gasteiger partial charge in [0.05, 0.1) is 28.6 Å². The molecule has 202 valence electrons. The fourth-order valence-corrected chi connectivity index (χ4v) is 5.34. The van der Waals surface area contributed by atoms with Crippen LogP contribution in [-0.4, -0.2) is 30.6 Å². The summed E-state index contributed by atoms with van der Waals surface area (Å²) in [5, 5.41) is 23.5. The summed E-state index contributed by atoms with van der Waals surface area (Å²) in [6.07, 6.45) is 0.193. The summed E-state index contributed by atoms with van der Waals surface area (Å²) in [6, 6.07) is 15.7. The molecule has 0 saturated carbocycles. The third-order valence-electron chi connectivity index (χ3n) is 5.78. The highest BCUT2D eigenvalue weighted by Crippen LogP contribution is 2.41. The topological polar surface area (TPSA) is 138 Å². The molecule has 4 aromatic carbocycles. The lowest BCUT2D eigenvalue weighted by Crippen LogP contribution is -2.12. The molecule has 0 unspecified atom stereocenters. The normalized spacial score (nSPS) is 11.7. The van der Waals surface area contributed by atoms with E-state index in [0.29, 0.717) is 28.8 Å². The molecule has 0 spiro atoms. The lowest BCUT2D eigenvalue weighted by Gasteiger charge is -2.13. The average Bonchev–Trinajstić information content (AvgIpc) is 2.88. The van der Waals surface area contributed by atoms with E-state index in [1.54, 1.807) is 49.4 Å². The predicted octanol–water partition coefficient (Wildman–Crippen LogP) is 7.73. The lowest BCUT2D eigenvalue weighted by atomic mass is 10.0. The minimum absolute atomic E-state index is 0.0169. The third-order valence-corrected chi connectivity index (χ3v) is 7.23. The Bertz CT molecular complexity index is 1720. The van der Waals surface area contributed by atoms with Gasteiger partial charge in [-0.05, 0) is 49.1 Å². The molecule has 0 heterocycles. The number of azo groups is 1. The summed E-state index contributed by atoms with van der Waals surface area (Å²) in [6.45, 7) is 3.97. The van der Waals surface area contributed by atoms with Crippen molar-refractivity contribution in [2.24, 2.45) is 10.2 Å². The van der Waals surface area contributed by atoms with E-state index in [9.17, 15) is 22.9 Å². The Labute approximate surface area is 234 Å². The second kappa shape index (κ2) is 11.6. The largest absolute Gasteiger partial charge is 0.505 e. The van der Waals surface area contributed by atoms with Crippen LogP contribution in [0.15, 0.2) is 75.8 Å². The number of phenols is 1. The number of rotatable bonds is 8. The van der Waals surface area contributed by atoms with Crippen molar-refractivity contribution in [3.8, 4) is 11.5 Å². The van der Waals surface area contributed by atoms with Gasteiger partial charge in [-0.3, -0.25) is 9.35 Å². The summed E-state index contributed by atoms with van der Waals surface area (Å²) in [5.74, 6) is -0.556. The van der Waals surface area contributed by atoms with Crippen molar-refractivity contribution in [2.45, 2.75) is 25.2 Å². The van der Waals surface area contributed by atoms with Crippen LogP contribution < -0.4 is 10.1 Å². The van der Waals surface area contributed by atoms with Crippen LogP contribution in [0.1, 0.15) is 29.8 Å². The van der Waals surface area contributed by atoms with Gasteiger partial charge in [0.15, 0.2) is 5.75 Å². The van der Waals surface area contributed by atoms with E-state index in [1.165, 1.54) is 12.1 Å². The van der Waals surface area contributed by atoms with E-state index in [1.807, 2.05) is 6.92 Å². The number of nitrogens with one attached hydrogen (secondary N) is 1. The highest BCUT2D eigenvalue weighted by atomic mass is 35.5. The van der Waals surface area contributed by atoms with Crippen LogP contribution in [0.4, 0.5) is 17.1 Å². The van der Waals surface area contributed by atoms with E-state index < -0.39 is 21.8 Å². The minimum Gasteiger partial charge on any atom is -0.505 e. The second-order valence-electron chi connectivity index (χ2n) is 8.30. The Morgan fingerprint density at radius 1 is 1.03 bits per heavy atom. The van der Waals surface area contributed by atoms with Crippen molar-refractivity contribution in [2.75, 3.05) is 11.9 Å². The van der Waals surface area contributed by atoms with Gasteiger partial charge in [0.1, 0.15) is 16.3 Å². The van der Waals surface area contributed by atoms with Gasteiger partial charge >= 0.3 is 0 Å². The first-order valence-corrected chi connectivity index (χ1v) is 13.9. The summed E-state index contributed by atoms with van der Waals surface area (Å²) >= 11 is 12.4. The van der Waals surface area contributed by atoms with E-state index in [4.69, 9.17) is 27.9 Å². The molecule has 12 heteroatoms.